The fraction of sp³-hybridized carbons (Fsp3) is 0.533. The maximum atomic E-state index is 12.6. The third-order valence-electron chi connectivity index (χ3n) is 4.07. The molecule has 1 aromatic carbocycles. The zero-order valence-corrected chi connectivity index (χ0v) is 11.8. The minimum absolute atomic E-state index is 0.112. The molecule has 2 N–H and O–H groups in total. The Hall–Kier alpha value is -1.55. The largest absolute Gasteiger partial charge is 0.497 e. The Kier molecular flexibility index (Phi) is 3.80. The highest BCUT2D eigenvalue weighted by Gasteiger charge is 2.48. The van der Waals surface area contributed by atoms with Crippen LogP contribution < -0.4 is 15.4 Å². The van der Waals surface area contributed by atoms with Crippen LogP contribution in [0.5, 0.6) is 5.75 Å². The van der Waals surface area contributed by atoms with Crippen molar-refractivity contribution in [3.05, 3.63) is 24.3 Å². The average molecular weight is 262 g/mol. The zero-order chi connectivity index (χ0) is 14.0. The third-order valence-corrected chi connectivity index (χ3v) is 4.07. The number of benzene rings is 1. The van der Waals surface area contributed by atoms with Crippen molar-refractivity contribution in [1.29, 1.82) is 0 Å². The predicted molar refractivity (Wildman–Crippen MR) is 76.3 cm³/mol. The summed E-state index contributed by atoms with van der Waals surface area (Å²) in [5, 5.41) is 0. The molecule has 0 aromatic heterocycles. The van der Waals surface area contributed by atoms with Crippen molar-refractivity contribution in [2.45, 2.75) is 19.8 Å². The molecule has 0 unspecified atom stereocenters. The molecular weight excluding hydrogens is 240 g/mol. The van der Waals surface area contributed by atoms with Gasteiger partial charge in [0, 0.05) is 25.3 Å². The van der Waals surface area contributed by atoms with Crippen molar-refractivity contribution in [2.75, 3.05) is 25.6 Å². The summed E-state index contributed by atoms with van der Waals surface area (Å²) in [6.07, 6.45) is 1.77. The van der Waals surface area contributed by atoms with E-state index in [1.807, 2.05) is 24.3 Å². The lowest BCUT2D eigenvalue weighted by atomic mass is 9.62. The summed E-state index contributed by atoms with van der Waals surface area (Å²) in [5.41, 5.74) is 6.31. The molecule has 0 bridgehead atoms. The first-order valence-corrected chi connectivity index (χ1v) is 6.65. The predicted octanol–water partition coefficient (Wildman–Crippen LogP) is 2.03. The van der Waals surface area contributed by atoms with Gasteiger partial charge in [0.15, 0.2) is 0 Å². The Balaban J connectivity index is 2.18. The van der Waals surface area contributed by atoms with Gasteiger partial charge in [-0.3, -0.25) is 4.79 Å². The molecule has 0 heterocycles. The smallest absolute Gasteiger partial charge is 0.234 e. The first-order chi connectivity index (χ1) is 9.02. The molecule has 1 saturated carbocycles. The van der Waals surface area contributed by atoms with Crippen LogP contribution in [0, 0.1) is 11.3 Å². The van der Waals surface area contributed by atoms with E-state index in [2.05, 4.69) is 6.92 Å². The van der Waals surface area contributed by atoms with Gasteiger partial charge in [-0.25, -0.2) is 0 Å². The summed E-state index contributed by atoms with van der Waals surface area (Å²) < 4.78 is 5.19. The molecule has 0 radical (unpaired) electrons. The van der Waals surface area contributed by atoms with E-state index in [9.17, 15) is 4.79 Å². The minimum atomic E-state index is -0.364. The highest BCUT2D eigenvalue weighted by Crippen LogP contribution is 2.46. The molecule has 0 aliphatic heterocycles. The normalized spacial score (nSPS) is 25.6. The monoisotopic (exact) mass is 262 g/mol. The third kappa shape index (κ3) is 2.45. The maximum absolute atomic E-state index is 12.6. The van der Waals surface area contributed by atoms with Crippen LogP contribution in [0.15, 0.2) is 24.3 Å². The molecule has 1 aromatic rings. The fourth-order valence-electron chi connectivity index (χ4n) is 2.99. The summed E-state index contributed by atoms with van der Waals surface area (Å²) in [5.74, 6) is 1.45. The molecular formula is C15H22N2O2. The fourth-order valence-corrected chi connectivity index (χ4v) is 2.99. The number of carbonyl (C=O) groups excluding carboxylic acids is 1. The molecule has 1 fully saturated rings. The van der Waals surface area contributed by atoms with Gasteiger partial charge in [-0.1, -0.05) is 13.0 Å². The second-order valence-electron chi connectivity index (χ2n) is 5.56. The SMILES string of the molecule is COc1cccc(N(C)C(=O)C2(CN)CC(C)C2)c1. The van der Waals surface area contributed by atoms with Crippen LogP contribution in [0.1, 0.15) is 19.8 Å². The first kappa shape index (κ1) is 13.9. The van der Waals surface area contributed by atoms with Gasteiger partial charge < -0.3 is 15.4 Å². The van der Waals surface area contributed by atoms with Crippen molar-refractivity contribution in [3.63, 3.8) is 0 Å². The van der Waals surface area contributed by atoms with Crippen molar-refractivity contribution in [3.8, 4) is 5.75 Å². The van der Waals surface area contributed by atoms with Gasteiger partial charge in [0.05, 0.1) is 12.5 Å². The summed E-state index contributed by atoms with van der Waals surface area (Å²) >= 11 is 0. The van der Waals surface area contributed by atoms with Gasteiger partial charge in [0.25, 0.3) is 0 Å². The Morgan fingerprint density at radius 1 is 1.53 bits per heavy atom. The number of hydrogen-bond donors (Lipinski definition) is 1. The van der Waals surface area contributed by atoms with Gasteiger partial charge in [-0.2, -0.15) is 0 Å². The van der Waals surface area contributed by atoms with E-state index in [0.717, 1.165) is 24.3 Å². The van der Waals surface area contributed by atoms with Gasteiger partial charge in [-0.15, -0.1) is 0 Å². The van der Waals surface area contributed by atoms with Crippen LogP contribution in [0.4, 0.5) is 5.69 Å². The van der Waals surface area contributed by atoms with E-state index in [1.54, 1.807) is 19.1 Å². The molecule has 2 rings (SSSR count). The quantitative estimate of drug-likeness (QED) is 0.903. The van der Waals surface area contributed by atoms with Crippen molar-refractivity contribution in [2.24, 2.45) is 17.1 Å². The highest BCUT2D eigenvalue weighted by molar-refractivity contribution is 5.98. The summed E-state index contributed by atoms with van der Waals surface area (Å²) in [7, 11) is 3.42. The summed E-state index contributed by atoms with van der Waals surface area (Å²) in [6.45, 7) is 2.58. The van der Waals surface area contributed by atoms with Gasteiger partial charge >= 0.3 is 0 Å². The molecule has 4 nitrogen and oxygen atoms in total. The zero-order valence-electron chi connectivity index (χ0n) is 11.8. The molecule has 1 aliphatic carbocycles. The lowest BCUT2D eigenvalue weighted by Gasteiger charge is -2.46. The van der Waals surface area contributed by atoms with Crippen LogP contribution >= 0.6 is 0 Å². The number of methoxy groups -OCH3 is 1. The molecule has 104 valence electrons. The summed E-state index contributed by atoms with van der Waals surface area (Å²) in [6, 6.07) is 7.53. The van der Waals surface area contributed by atoms with Crippen LogP contribution in [-0.4, -0.2) is 26.6 Å². The molecule has 0 atom stereocenters. The lowest BCUT2D eigenvalue weighted by Crippen LogP contribution is -2.54. The number of nitrogens with zero attached hydrogens (tertiary/aromatic N) is 1. The van der Waals surface area contributed by atoms with E-state index in [1.165, 1.54) is 0 Å². The number of carbonyl (C=O) groups is 1. The van der Waals surface area contributed by atoms with E-state index < -0.39 is 0 Å². The molecule has 19 heavy (non-hydrogen) atoms. The molecule has 1 aliphatic rings. The van der Waals surface area contributed by atoms with E-state index >= 15 is 0 Å². The average Bonchev–Trinajstić information content (AvgIpc) is 2.42. The molecule has 4 heteroatoms. The number of nitrogens with two attached hydrogens (primary N) is 1. The maximum Gasteiger partial charge on any atom is 0.234 e. The van der Waals surface area contributed by atoms with Crippen LogP contribution in [0.2, 0.25) is 0 Å². The standard InChI is InChI=1S/C15H22N2O2/c1-11-8-15(9-11,10-16)14(18)17(2)12-5-4-6-13(7-12)19-3/h4-7,11H,8-10,16H2,1-3H3. The lowest BCUT2D eigenvalue weighted by molar-refractivity contribution is -0.134. The second kappa shape index (κ2) is 5.21. The second-order valence-corrected chi connectivity index (χ2v) is 5.56. The van der Waals surface area contributed by atoms with Crippen molar-refractivity contribution in [1.82, 2.24) is 0 Å². The van der Waals surface area contributed by atoms with Crippen LogP contribution in [0.3, 0.4) is 0 Å². The Labute approximate surface area is 114 Å². The number of amides is 1. The van der Waals surface area contributed by atoms with Gasteiger partial charge in [0.2, 0.25) is 5.91 Å². The number of hydrogen-bond acceptors (Lipinski definition) is 3. The number of ether oxygens (including phenoxy) is 1. The molecule has 1 amide bonds. The van der Waals surface area contributed by atoms with Gasteiger partial charge in [0.1, 0.15) is 5.75 Å². The topological polar surface area (TPSA) is 55.6 Å². The summed E-state index contributed by atoms with van der Waals surface area (Å²) in [4.78, 5) is 14.3. The van der Waals surface area contributed by atoms with Crippen molar-refractivity contribution < 1.29 is 9.53 Å². The molecule has 0 spiro atoms. The van der Waals surface area contributed by atoms with Crippen LogP contribution in [-0.2, 0) is 4.79 Å². The van der Waals surface area contributed by atoms with E-state index in [-0.39, 0.29) is 11.3 Å². The highest BCUT2D eigenvalue weighted by atomic mass is 16.5. The Morgan fingerprint density at radius 2 is 2.21 bits per heavy atom. The van der Waals surface area contributed by atoms with E-state index in [4.69, 9.17) is 10.5 Å². The Bertz CT molecular complexity index is 467. The minimum Gasteiger partial charge on any atom is -0.497 e. The first-order valence-electron chi connectivity index (χ1n) is 6.65. The molecule has 0 saturated heterocycles. The Morgan fingerprint density at radius 3 is 2.74 bits per heavy atom. The van der Waals surface area contributed by atoms with Crippen molar-refractivity contribution >= 4 is 11.6 Å². The number of anilines is 1. The number of rotatable bonds is 4. The van der Waals surface area contributed by atoms with Crippen LogP contribution in [0.25, 0.3) is 0 Å². The van der Waals surface area contributed by atoms with E-state index in [0.29, 0.717) is 12.5 Å². The van der Waals surface area contributed by atoms with Gasteiger partial charge in [-0.05, 0) is 30.9 Å².